The fourth-order valence-electron chi connectivity index (χ4n) is 4.96. The van der Waals surface area contributed by atoms with Crippen molar-refractivity contribution in [1.29, 1.82) is 0 Å². The molecule has 0 saturated carbocycles. The van der Waals surface area contributed by atoms with Crippen LogP contribution in [-0.2, 0) is 0 Å². The number of hydrogen-bond acceptors (Lipinski definition) is 3. The molecule has 0 unspecified atom stereocenters. The molecule has 2 aliphatic rings. The number of aromatic nitrogens is 1. The summed E-state index contributed by atoms with van der Waals surface area (Å²) in [7, 11) is 0. The fraction of sp³-hybridized carbons (Fsp3) is 0. The first-order valence-electron chi connectivity index (χ1n) is 11.1. The molecule has 5 aromatic rings. The van der Waals surface area contributed by atoms with Crippen LogP contribution in [0.3, 0.4) is 0 Å². The van der Waals surface area contributed by atoms with Crippen molar-refractivity contribution in [1.82, 2.24) is 4.98 Å². The Morgan fingerprint density at radius 1 is 0.485 bits per heavy atom. The van der Waals surface area contributed by atoms with Crippen LogP contribution in [0.25, 0.3) is 22.3 Å². The number of ether oxygens (including phenoxy) is 2. The second-order valence-corrected chi connectivity index (χ2v) is 8.41. The van der Waals surface area contributed by atoms with Crippen molar-refractivity contribution in [3.63, 3.8) is 0 Å². The maximum absolute atomic E-state index is 6.32. The summed E-state index contributed by atoms with van der Waals surface area (Å²) in [6, 6.07) is 33.6. The predicted octanol–water partition coefficient (Wildman–Crippen LogP) is 5.14. The molecule has 0 saturated heterocycles. The van der Waals surface area contributed by atoms with Gasteiger partial charge in [0.25, 0.3) is 6.71 Å². The van der Waals surface area contributed by atoms with Gasteiger partial charge in [-0.25, -0.2) is 0 Å². The van der Waals surface area contributed by atoms with Crippen LogP contribution in [0, 0.1) is 0 Å². The highest BCUT2D eigenvalue weighted by Gasteiger charge is 2.39. The minimum Gasteiger partial charge on any atom is -0.458 e. The van der Waals surface area contributed by atoms with Gasteiger partial charge >= 0.3 is 0 Å². The molecule has 3 nitrogen and oxygen atoms in total. The Hall–Kier alpha value is -4.31. The number of benzene rings is 4. The van der Waals surface area contributed by atoms with Crippen LogP contribution in [0.1, 0.15) is 0 Å². The molecule has 33 heavy (non-hydrogen) atoms. The first kappa shape index (κ1) is 18.3. The highest BCUT2D eigenvalue weighted by atomic mass is 16.5. The van der Waals surface area contributed by atoms with Gasteiger partial charge in [0.15, 0.2) is 0 Å². The lowest BCUT2D eigenvalue weighted by Gasteiger charge is -2.33. The largest absolute Gasteiger partial charge is 0.458 e. The Morgan fingerprint density at radius 3 is 1.82 bits per heavy atom. The van der Waals surface area contributed by atoms with E-state index in [4.69, 9.17) is 9.47 Å². The molecule has 0 bridgehead atoms. The molecule has 0 aliphatic carbocycles. The van der Waals surface area contributed by atoms with E-state index in [9.17, 15) is 0 Å². The molecule has 4 aromatic carbocycles. The van der Waals surface area contributed by atoms with Crippen LogP contribution in [-0.4, -0.2) is 11.7 Å². The Kier molecular flexibility index (Phi) is 3.94. The number of rotatable bonds is 2. The van der Waals surface area contributed by atoms with Crippen molar-refractivity contribution in [2.75, 3.05) is 0 Å². The first-order chi connectivity index (χ1) is 16.3. The number of nitrogens with zero attached hydrogens (tertiary/aromatic N) is 1. The van der Waals surface area contributed by atoms with Crippen LogP contribution in [0.15, 0.2) is 109 Å². The Balaban J connectivity index is 1.35. The molecule has 0 atom stereocenters. The SMILES string of the molecule is c1ccc2c(c1)Oc1cccc3c1B2c1cc(-c2ccc(-c4ccncc4)cc2)ccc1O3. The van der Waals surface area contributed by atoms with Gasteiger partial charge in [0.05, 0.1) is 0 Å². The number of hydrogen-bond donors (Lipinski definition) is 0. The maximum Gasteiger partial charge on any atom is 0.260 e. The molecular weight excluding hydrogens is 405 g/mol. The van der Waals surface area contributed by atoms with Gasteiger partial charge in [0.2, 0.25) is 0 Å². The van der Waals surface area contributed by atoms with E-state index in [1.165, 1.54) is 33.2 Å². The van der Waals surface area contributed by atoms with E-state index in [-0.39, 0.29) is 6.71 Å². The van der Waals surface area contributed by atoms with Gasteiger partial charge in [-0.15, -0.1) is 0 Å². The van der Waals surface area contributed by atoms with Crippen LogP contribution in [0.2, 0.25) is 0 Å². The average Bonchev–Trinajstić information content (AvgIpc) is 2.89. The highest BCUT2D eigenvalue weighted by molar-refractivity contribution is 6.98. The molecule has 154 valence electrons. The van der Waals surface area contributed by atoms with E-state index in [1.54, 1.807) is 0 Å². The van der Waals surface area contributed by atoms with Crippen molar-refractivity contribution in [2.24, 2.45) is 0 Å². The van der Waals surface area contributed by atoms with Crippen LogP contribution >= 0.6 is 0 Å². The summed E-state index contributed by atoms with van der Waals surface area (Å²) in [5.74, 6) is 3.55. The number of fused-ring (bicyclic) bond motifs is 4. The summed E-state index contributed by atoms with van der Waals surface area (Å²) in [5, 5.41) is 0. The van der Waals surface area contributed by atoms with E-state index >= 15 is 0 Å². The van der Waals surface area contributed by atoms with Gasteiger partial charge < -0.3 is 9.47 Å². The lowest BCUT2D eigenvalue weighted by atomic mass is 9.35. The van der Waals surface area contributed by atoms with Crippen molar-refractivity contribution in [3.8, 4) is 45.3 Å². The minimum absolute atomic E-state index is 0.0842. The topological polar surface area (TPSA) is 31.4 Å². The normalized spacial score (nSPS) is 12.7. The molecule has 0 N–H and O–H groups in total. The molecule has 4 heteroatoms. The van der Waals surface area contributed by atoms with Crippen LogP contribution < -0.4 is 25.9 Å². The summed E-state index contributed by atoms with van der Waals surface area (Å²) < 4.78 is 12.5. The maximum atomic E-state index is 6.32. The van der Waals surface area contributed by atoms with Gasteiger partial charge in [-0.05, 0) is 69.6 Å². The fourth-order valence-corrected chi connectivity index (χ4v) is 4.96. The van der Waals surface area contributed by atoms with E-state index < -0.39 is 0 Å². The third-order valence-electron chi connectivity index (χ3n) is 6.54. The van der Waals surface area contributed by atoms with Gasteiger partial charge in [0.1, 0.15) is 23.0 Å². The Bertz CT molecular complexity index is 1500. The van der Waals surface area contributed by atoms with E-state index in [0.717, 1.165) is 28.5 Å². The van der Waals surface area contributed by atoms with E-state index in [0.29, 0.717) is 0 Å². The summed E-state index contributed by atoms with van der Waals surface area (Å²) in [4.78, 5) is 4.11. The quantitative estimate of drug-likeness (QED) is 0.361. The third kappa shape index (κ3) is 2.88. The molecule has 7 rings (SSSR count). The van der Waals surface area contributed by atoms with E-state index in [1.807, 2.05) is 54.9 Å². The van der Waals surface area contributed by atoms with Crippen LogP contribution in [0.4, 0.5) is 0 Å². The zero-order valence-electron chi connectivity index (χ0n) is 17.7. The molecule has 0 spiro atoms. The molecule has 0 radical (unpaired) electrons. The predicted molar refractivity (Wildman–Crippen MR) is 133 cm³/mol. The Labute approximate surface area is 192 Å². The van der Waals surface area contributed by atoms with Crippen LogP contribution in [0.5, 0.6) is 23.0 Å². The number of pyridine rings is 1. The standard InChI is InChI=1S/C29H18BNO2/c1-2-5-25-23(4-1)30-24-18-22(20-10-8-19(9-11-20)21-14-16-31-17-15-21)12-13-26(24)33-28-7-3-6-27(32-25)29(28)30/h1-18H. The third-order valence-corrected chi connectivity index (χ3v) is 6.54. The molecule has 0 fully saturated rings. The van der Waals surface area contributed by atoms with Gasteiger partial charge in [-0.3, -0.25) is 4.98 Å². The summed E-state index contributed by atoms with van der Waals surface area (Å²) >= 11 is 0. The summed E-state index contributed by atoms with van der Waals surface area (Å²) in [5.41, 5.74) is 8.14. The van der Waals surface area contributed by atoms with Crippen molar-refractivity contribution in [3.05, 3.63) is 109 Å². The minimum atomic E-state index is 0.0842. The molecule has 0 amide bonds. The lowest BCUT2D eigenvalue weighted by Crippen LogP contribution is -2.57. The molecule has 3 heterocycles. The zero-order chi connectivity index (χ0) is 21.8. The first-order valence-corrected chi connectivity index (χ1v) is 11.1. The smallest absolute Gasteiger partial charge is 0.260 e. The van der Waals surface area contributed by atoms with Gasteiger partial charge in [-0.2, -0.15) is 0 Å². The highest BCUT2D eigenvalue weighted by Crippen LogP contribution is 2.35. The zero-order valence-corrected chi connectivity index (χ0v) is 17.7. The van der Waals surface area contributed by atoms with Gasteiger partial charge in [0, 0.05) is 17.9 Å². The molecule has 2 aliphatic heterocycles. The van der Waals surface area contributed by atoms with Crippen molar-refractivity contribution in [2.45, 2.75) is 0 Å². The van der Waals surface area contributed by atoms with Crippen molar-refractivity contribution >= 4 is 23.1 Å². The average molecular weight is 423 g/mol. The summed E-state index contributed by atoms with van der Waals surface area (Å²) in [6.45, 7) is 0.0842. The van der Waals surface area contributed by atoms with Crippen molar-refractivity contribution < 1.29 is 9.47 Å². The lowest BCUT2D eigenvalue weighted by molar-refractivity contribution is 0.464. The van der Waals surface area contributed by atoms with Gasteiger partial charge in [-0.1, -0.05) is 60.7 Å². The molecular formula is C29H18BNO2. The summed E-state index contributed by atoms with van der Waals surface area (Å²) in [6.07, 6.45) is 3.65. The second kappa shape index (κ2) is 7.11. The monoisotopic (exact) mass is 423 g/mol. The molecule has 1 aromatic heterocycles. The number of para-hydroxylation sites is 1. The Morgan fingerprint density at radius 2 is 1.06 bits per heavy atom. The second-order valence-electron chi connectivity index (χ2n) is 8.41. The van der Waals surface area contributed by atoms with E-state index in [2.05, 4.69) is 59.6 Å².